The summed E-state index contributed by atoms with van der Waals surface area (Å²) in [7, 11) is 0. The first-order valence-electron chi connectivity index (χ1n) is 14.3. The van der Waals surface area contributed by atoms with Gasteiger partial charge in [0, 0.05) is 42.3 Å². The molecule has 0 aromatic heterocycles. The van der Waals surface area contributed by atoms with Gasteiger partial charge in [-0.1, -0.05) is 75.4 Å². The Morgan fingerprint density at radius 3 is 2.49 bits per heavy atom. The van der Waals surface area contributed by atoms with Crippen molar-refractivity contribution in [3.63, 3.8) is 0 Å². The summed E-state index contributed by atoms with van der Waals surface area (Å²) in [4.78, 5) is 27.7. The van der Waals surface area contributed by atoms with Crippen molar-refractivity contribution in [2.45, 2.75) is 58.0 Å². The Labute approximate surface area is 237 Å². The van der Waals surface area contributed by atoms with Gasteiger partial charge in [0.2, 0.25) is 0 Å². The van der Waals surface area contributed by atoms with Gasteiger partial charge in [-0.2, -0.15) is 16.9 Å². The Balaban J connectivity index is 1.31. The number of esters is 1. The van der Waals surface area contributed by atoms with Crippen LogP contribution in [0.1, 0.15) is 84.2 Å². The molecule has 1 unspecified atom stereocenters. The van der Waals surface area contributed by atoms with E-state index >= 15 is 0 Å². The molecule has 0 bridgehead atoms. The molecule has 1 saturated heterocycles. The summed E-state index contributed by atoms with van der Waals surface area (Å²) in [6.07, 6.45) is 9.12. The van der Waals surface area contributed by atoms with E-state index in [4.69, 9.17) is 10.5 Å². The minimum absolute atomic E-state index is 0.0444. The van der Waals surface area contributed by atoms with Crippen molar-refractivity contribution in [3.05, 3.63) is 70.3 Å². The molecule has 39 heavy (non-hydrogen) atoms. The number of ether oxygens (including phenoxy) is 1. The molecule has 0 aliphatic carbocycles. The predicted octanol–water partition coefficient (Wildman–Crippen LogP) is 5.02. The van der Waals surface area contributed by atoms with Crippen LogP contribution < -0.4 is 5.73 Å². The SMILES string of the molecule is CCCCCCCCOC(=O)CN1CCc2ccc(C(=O)c3ccc(C=NN4CCSCC4)cc3)cc2C1N. The lowest BCUT2D eigenvalue weighted by Crippen LogP contribution is -2.43. The average molecular weight is 551 g/mol. The highest BCUT2D eigenvalue weighted by Gasteiger charge is 2.27. The Kier molecular flexibility index (Phi) is 11.4. The van der Waals surface area contributed by atoms with Crippen LogP contribution in [0.4, 0.5) is 0 Å². The van der Waals surface area contributed by atoms with E-state index in [1.54, 1.807) is 0 Å². The number of carbonyl (C=O) groups is 2. The number of benzene rings is 2. The van der Waals surface area contributed by atoms with Crippen molar-refractivity contribution in [2.75, 3.05) is 44.3 Å². The average Bonchev–Trinajstić information content (AvgIpc) is 2.97. The monoisotopic (exact) mass is 550 g/mol. The molecule has 7 nitrogen and oxygen atoms in total. The number of nitrogens with two attached hydrogens (primary N) is 1. The highest BCUT2D eigenvalue weighted by Crippen LogP contribution is 2.28. The molecule has 1 atom stereocenters. The normalized spacial score (nSPS) is 17.8. The van der Waals surface area contributed by atoms with Crippen molar-refractivity contribution >= 4 is 29.7 Å². The number of unbranched alkanes of at least 4 members (excludes halogenated alkanes) is 5. The molecule has 2 aromatic rings. The van der Waals surface area contributed by atoms with E-state index in [0.717, 1.165) is 60.5 Å². The first-order valence-corrected chi connectivity index (χ1v) is 15.5. The third kappa shape index (κ3) is 8.65. The standard InChI is InChI=1S/C31H42N4O3S/c1-2-3-4-5-6-7-18-38-29(36)23-34-15-14-25-12-13-27(21-28(25)31(34)32)30(37)26-10-8-24(9-11-26)22-33-35-16-19-39-20-17-35/h8-13,21-22,31H,2-7,14-20,23,32H2,1H3. The van der Waals surface area contributed by atoms with Gasteiger partial charge in [0.1, 0.15) is 0 Å². The fraction of sp³-hybridized carbons (Fsp3) is 0.516. The molecule has 0 spiro atoms. The van der Waals surface area contributed by atoms with E-state index in [9.17, 15) is 9.59 Å². The third-order valence-corrected chi connectivity index (χ3v) is 8.35. The second-order valence-corrected chi connectivity index (χ2v) is 11.6. The lowest BCUT2D eigenvalue weighted by molar-refractivity contribution is -0.145. The van der Waals surface area contributed by atoms with E-state index in [1.165, 1.54) is 25.7 Å². The molecule has 2 heterocycles. The number of hydrazone groups is 1. The Morgan fingerprint density at radius 1 is 1.00 bits per heavy atom. The molecule has 0 amide bonds. The van der Waals surface area contributed by atoms with Crippen LogP contribution in [0.2, 0.25) is 0 Å². The lowest BCUT2D eigenvalue weighted by atomic mass is 9.92. The largest absolute Gasteiger partial charge is 0.465 e. The minimum atomic E-state index is -0.449. The quantitative estimate of drug-likeness (QED) is 0.162. The molecule has 8 heteroatoms. The van der Waals surface area contributed by atoms with Gasteiger partial charge in [0.25, 0.3) is 0 Å². The number of ketones is 1. The van der Waals surface area contributed by atoms with E-state index in [1.807, 2.05) is 65.3 Å². The zero-order valence-electron chi connectivity index (χ0n) is 23.1. The highest BCUT2D eigenvalue weighted by atomic mass is 32.2. The molecular weight excluding hydrogens is 508 g/mol. The van der Waals surface area contributed by atoms with E-state index in [0.29, 0.717) is 24.3 Å². The maximum atomic E-state index is 13.3. The van der Waals surface area contributed by atoms with Crippen molar-refractivity contribution in [3.8, 4) is 0 Å². The second kappa shape index (κ2) is 15.2. The Morgan fingerprint density at radius 2 is 1.72 bits per heavy atom. The molecule has 2 N–H and O–H groups in total. The number of hydrogen-bond donors (Lipinski definition) is 1. The van der Waals surface area contributed by atoms with Gasteiger partial charge in [-0.05, 0) is 35.6 Å². The van der Waals surface area contributed by atoms with Crippen LogP contribution in [0.25, 0.3) is 0 Å². The maximum Gasteiger partial charge on any atom is 0.320 e. The number of fused-ring (bicyclic) bond motifs is 1. The number of nitrogens with zero attached hydrogens (tertiary/aromatic N) is 3. The molecule has 2 aliphatic heterocycles. The molecule has 4 rings (SSSR count). The van der Waals surface area contributed by atoms with E-state index in [-0.39, 0.29) is 18.3 Å². The molecule has 1 fully saturated rings. The van der Waals surface area contributed by atoms with Gasteiger partial charge in [0.05, 0.1) is 25.5 Å². The fourth-order valence-electron chi connectivity index (χ4n) is 5.00. The van der Waals surface area contributed by atoms with Crippen LogP contribution in [0, 0.1) is 0 Å². The zero-order chi connectivity index (χ0) is 27.5. The van der Waals surface area contributed by atoms with Crippen LogP contribution >= 0.6 is 11.8 Å². The van der Waals surface area contributed by atoms with Crippen molar-refractivity contribution in [1.29, 1.82) is 0 Å². The second-order valence-electron chi connectivity index (χ2n) is 10.3. The van der Waals surface area contributed by atoms with Gasteiger partial charge in [-0.15, -0.1) is 0 Å². The van der Waals surface area contributed by atoms with Gasteiger partial charge >= 0.3 is 5.97 Å². The molecule has 0 radical (unpaired) electrons. The number of rotatable bonds is 13. The molecule has 0 saturated carbocycles. The van der Waals surface area contributed by atoms with E-state index < -0.39 is 6.17 Å². The van der Waals surface area contributed by atoms with Gasteiger partial charge < -0.3 is 10.5 Å². The fourth-order valence-corrected chi connectivity index (χ4v) is 5.88. The zero-order valence-corrected chi connectivity index (χ0v) is 24.0. The van der Waals surface area contributed by atoms with Crippen molar-refractivity contribution in [1.82, 2.24) is 9.91 Å². The van der Waals surface area contributed by atoms with Crippen LogP contribution in [0.5, 0.6) is 0 Å². The molecule has 2 aromatic carbocycles. The molecule has 210 valence electrons. The van der Waals surface area contributed by atoms with Crippen molar-refractivity contribution < 1.29 is 14.3 Å². The summed E-state index contributed by atoms with van der Waals surface area (Å²) in [5, 5.41) is 6.65. The topological polar surface area (TPSA) is 88.2 Å². The van der Waals surface area contributed by atoms with Gasteiger partial charge in [-0.3, -0.25) is 19.5 Å². The number of thioether (sulfide) groups is 1. The number of hydrogen-bond acceptors (Lipinski definition) is 8. The molecule has 2 aliphatic rings. The van der Waals surface area contributed by atoms with Gasteiger partial charge in [-0.25, -0.2) is 0 Å². The smallest absolute Gasteiger partial charge is 0.320 e. The van der Waals surface area contributed by atoms with Crippen LogP contribution in [0.15, 0.2) is 47.6 Å². The van der Waals surface area contributed by atoms with Crippen LogP contribution in [-0.4, -0.2) is 72.2 Å². The maximum absolute atomic E-state index is 13.3. The number of carbonyl (C=O) groups excluding carboxylic acids is 2. The van der Waals surface area contributed by atoms with Crippen LogP contribution in [0.3, 0.4) is 0 Å². The van der Waals surface area contributed by atoms with Crippen LogP contribution in [-0.2, 0) is 16.0 Å². The first-order chi connectivity index (χ1) is 19.0. The third-order valence-electron chi connectivity index (χ3n) is 7.41. The van der Waals surface area contributed by atoms with Crippen molar-refractivity contribution in [2.24, 2.45) is 10.8 Å². The summed E-state index contributed by atoms with van der Waals surface area (Å²) < 4.78 is 5.47. The summed E-state index contributed by atoms with van der Waals surface area (Å²) in [5.41, 5.74) is 10.8. The Bertz CT molecular complexity index is 1120. The summed E-state index contributed by atoms with van der Waals surface area (Å²) in [6, 6.07) is 13.3. The molecular formula is C31H42N4O3S. The first kappa shape index (κ1) is 29.3. The lowest BCUT2D eigenvalue weighted by Gasteiger charge is -2.34. The predicted molar refractivity (Wildman–Crippen MR) is 159 cm³/mol. The van der Waals surface area contributed by atoms with Gasteiger partial charge in [0.15, 0.2) is 5.78 Å². The Hall–Kier alpha value is -2.68. The summed E-state index contributed by atoms with van der Waals surface area (Å²) in [6.45, 7) is 5.45. The summed E-state index contributed by atoms with van der Waals surface area (Å²) in [5.74, 6) is 1.93. The minimum Gasteiger partial charge on any atom is -0.465 e. The highest BCUT2D eigenvalue weighted by molar-refractivity contribution is 7.99. The van der Waals surface area contributed by atoms with E-state index in [2.05, 4.69) is 17.0 Å². The summed E-state index contributed by atoms with van der Waals surface area (Å²) >= 11 is 1.96.